The molecule has 0 saturated heterocycles. The molecule has 94 valence electrons. The Morgan fingerprint density at radius 2 is 1.94 bits per heavy atom. The highest BCUT2D eigenvalue weighted by Gasteiger charge is 2.21. The number of hydrogen-bond acceptors (Lipinski definition) is 4. The molecule has 0 aliphatic carbocycles. The molecule has 2 N–H and O–H groups in total. The van der Waals surface area contributed by atoms with Crippen LogP contribution in [0.1, 0.15) is 5.56 Å². The Kier molecular flexibility index (Phi) is 3.32. The molecule has 0 fully saturated rings. The third-order valence-corrected chi connectivity index (χ3v) is 3.45. The second kappa shape index (κ2) is 4.62. The number of nitrogens with zero attached hydrogens (tertiary/aromatic N) is 1. The van der Waals surface area contributed by atoms with E-state index in [0.29, 0.717) is 11.1 Å². The van der Waals surface area contributed by atoms with E-state index < -0.39 is 16.0 Å². The van der Waals surface area contributed by atoms with Gasteiger partial charge in [-0.05, 0) is 28.2 Å². The molecule has 0 radical (unpaired) electrons. The van der Waals surface area contributed by atoms with Crippen molar-refractivity contribution in [2.75, 3.05) is 0 Å². The number of nitro benzene ring substituents is 1. The van der Waals surface area contributed by atoms with Crippen LogP contribution < -0.4 is 11.1 Å². The van der Waals surface area contributed by atoms with E-state index in [9.17, 15) is 19.7 Å². The summed E-state index contributed by atoms with van der Waals surface area (Å²) in [4.78, 5) is 37.7. The number of halogens is 1. The normalized spacial score (nSPS) is 10.8. The van der Waals surface area contributed by atoms with Crippen LogP contribution >= 0.6 is 25.2 Å². The molecule has 2 rings (SSSR count). The largest absolute Gasteiger partial charge is 0.316 e. The van der Waals surface area contributed by atoms with E-state index in [1.165, 1.54) is 6.07 Å². The molecule has 0 spiro atoms. The predicted molar refractivity (Wildman–Crippen MR) is 73.0 cm³/mol. The summed E-state index contributed by atoms with van der Waals surface area (Å²) in [7, 11) is 2.36. The first-order valence-electron chi connectivity index (χ1n) is 4.78. The molecule has 0 bridgehead atoms. The van der Waals surface area contributed by atoms with Crippen LogP contribution in [0.5, 0.6) is 0 Å². The predicted octanol–water partition coefficient (Wildman–Crippen LogP) is 1.26. The fraction of sp³-hybridized carbons (Fsp3) is 0.111. The Labute approximate surface area is 110 Å². The zero-order valence-electron chi connectivity index (χ0n) is 8.82. The Morgan fingerprint density at radius 1 is 1.33 bits per heavy atom. The Balaban J connectivity index is 3.03. The van der Waals surface area contributed by atoms with Crippen molar-refractivity contribution < 1.29 is 4.92 Å². The zero-order chi connectivity index (χ0) is 13.4. The number of hydrogen-bond donors (Lipinski definition) is 2. The van der Waals surface area contributed by atoms with E-state index in [2.05, 4.69) is 35.1 Å². The molecule has 1 heterocycles. The van der Waals surface area contributed by atoms with Gasteiger partial charge in [0.15, 0.2) is 0 Å². The number of aromatic nitrogens is 2. The number of fused-ring (bicyclic) bond motifs is 1. The number of nitro groups is 1. The standard InChI is InChI=1S/C9H7BrN3O4P/c10-4-1-5-6(12-9(15)8(14)11-5)3(2-18)7(4)13(16)17/h1H,2,18H2,(H,11,14)(H,12,15). The fourth-order valence-electron chi connectivity index (χ4n) is 1.68. The third-order valence-electron chi connectivity index (χ3n) is 2.43. The molecule has 18 heavy (non-hydrogen) atoms. The van der Waals surface area contributed by atoms with Crippen LogP contribution in [-0.4, -0.2) is 14.9 Å². The number of aromatic amines is 2. The van der Waals surface area contributed by atoms with E-state index in [1.54, 1.807) is 0 Å². The minimum Gasteiger partial charge on any atom is -0.316 e. The molecular weight excluding hydrogens is 325 g/mol. The van der Waals surface area contributed by atoms with Crippen molar-refractivity contribution in [2.45, 2.75) is 6.16 Å². The van der Waals surface area contributed by atoms with Gasteiger partial charge in [-0.2, -0.15) is 0 Å². The smallest absolute Gasteiger partial charge is 0.314 e. The number of rotatable bonds is 2. The van der Waals surface area contributed by atoms with Crippen molar-refractivity contribution in [1.82, 2.24) is 9.97 Å². The van der Waals surface area contributed by atoms with Gasteiger partial charge in [0.25, 0.3) is 5.69 Å². The summed E-state index contributed by atoms with van der Waals surface area (Å²) in [5.41, 5.74) is -0.807. The van der Waals surface area contributed by atoms with E-state index in [-0.39, 0.29) is 21.8 Å². The lowest BCUT2D eigenvalue weighted by Crippen LogP contribution is -2.29. The minimum absolute atomic E-state index is 0.125. The minimum atomic E-state index is -0.834. The lowest BCUT2D eigenvalue weighted by molar-refractivity contribution is -0.386. The van der Waals surface area contributed by atoms with Crippen molar-refractivity contribution in [2.24, 2.45) is 0 Å². The molecule has 1 aromatic carbocycles. The molecule has 1 atom stereocenters. The highest BCUT2D eigenvalue weighted by molar-refractivity contribution is 9.10. The maximum Gasteiger partial charge on any atom is 0.314 e. The van der Waals surface area contributed by atoms with Gasteiger partial charge in [0.05, 0.1) is 26.0 Å². The van der Waals surface area contributed by atoms with Gasteiger partial charge < -0.3 is 9.97 Å². The highest BCUT2D eigenvalue weighted by Crippen LogP contribution is 2.34. The van der Waals surface area contributed by atoms with Gasteiger partial charge in [0.2, 0.25) is 0 Å². The van der Waals surface area contributed by atoms with Crippen molar-refractivity contribution in [3.05, 3.63) is 46.9 Å². The maximum absolute atomic E-state index is 11.3. The van der Waals surface area contributed by atoms with Crippen molar-refractivity contribution in [1.29, 1.82) is 0 Å². The molecule has 0 saturated carbocycles. The molecule has 7 nitrogen and oxygen atoms in total. The van der Waals surface area contributed by atoms with Gasteiger partial charge in [-0.25, -0.2) is 0 Å². The molecule has 9 heteroatoms. The molecule has 1 aromatic heterocycles. The van der Waals surface area contributed by atoms with E-state index in [4.69, 9.17) is 0 Å². The van der Waals surface area contributed by atoms with Crippen LogP contribution in [0.15, 0.2) is 20.1 Å². The number of nitrogens with one attached hydrogen (secondary N) is 2. The summed E-state index contributed by atoms with van der Waals surface area (Å²) in [6.45, 7) is 0. The van der Waals surface area contributed by atoms with Crippen molar-refractivity contribution in [3.8, 4) is 0 Å². The van der Waals surface area contributed by atoms with Crippen LogP contribution in [0.3, 0.4) is 0 Å². The molecule has 1 unspecified atom stereocenters. The Hall–Kier alpha value is -1.53. The van der Waals surface area contributed by atoms with E-state index in [0.717, 1.165) is 0 Å². The molecule has 0 amide bonds. The highest BCUT2D eigenvalue weighted by atomic mass is 79.9. The Bertz CT molecular complexity index is 767. The zero-order valence-corrected chi connectivity index (χ0v) is 11.6. The first kappa shape index (κ1) is 12.9. The van der Waals surface area contributed by atoms with Crippen LogP contribution in [-0.2, 0) is 6.16 Å². The average molecular weight is 332 g/mol. The summed E-state index contributed by atoms with van der Waals surface area (Å²) in [6.07, 6.45) is 0.272. The van der Waals surface area contributed by atoms with E-state index >= 15 is 0 Å². The molecule has 0 aliphatic heterocycles. The Morgan fingerprint density at radius 3 is 2.50 bits per heavy atom. The van der Waals surface area contributed by atoms with Gasteiger partial charge in [-0.3, -0.25) is 19.7 Å². The SMILES string of the molecule is O=c1[nH]c2cc(Br)c([N+](=O)[O-])c(CP)c2[nH]c1=O. The van der Waals surface area contributed by atoms with Crippen LogP contribution in [0.25, 0.3) is 11.0 Å². The average Bonchev–Trinajstić information content (AvgIpc) is 2.29. The fourth-order valence-corrected chi connectivity index (χ4v) is 2.69. The van der Waals surface area contributed by atoms with Crippen LogP contribution in [0, 0.1) is 10.1 Å². The van der Waals surface area contributed by atoms with Crippen LogP contribution in [0.4, 0.5) is 5.69 Å². The summed E-state index contributed by atoms with van der Waals surface area (Å²) < 4.78 is 0.250. The van der Waals surface area contributed by atoms with Gasteiger partial charge >= 0.3 is 11.1 Å². The maximum atomic E-state index is 11.3. The number of H-pyrrole nitrogens is 2. The summed E-state index contributed by atoms with van der Waals surface area (Å²) >= 11 is 3.09. The van der Waals surface area contributed by atoms with Gasteiger partial charge in [-0.15, -0.1) is 9.24 Å². The van der Waals surface area contributed by atoms with Crippen molar-refractivity contribution in [3.63, 3.8) is 0 Å². The second-order valence-electron chi connectivity index (χ2n) is 3.48. The molecular formula is C9H7BrN3O4P. The molecule has 0 aliphatic rings. The first-order valence-corrected chi connectivity index (χ1v) is 6.38. The second-order valence-corrected chi connectivity index (χ2v) is 4.74. The van der Waals surface area contributed by atoms with Gasteiger partial charge in [-0.1, -0.05) is 0 Å². The van der Waals surface area contributed by atoms with Gasteiger partial charge in [0, 0.05) is 0 Å². The van der Waals surface area contributed by atoms with Gasteiger partial charge in [0.1, 0.15) is 0 Å². The van der Waals surface area contributed by atoms with Crippen LogP contribution in [0.2, 0.25) is 0 Å². The summed E-state index contributed by atoms with van der Waals surface area (Å²) in [6, 6.07) is 1.40. The summed E-state index contributed by atoms with van der Waals surface area (Å²) in [5.74, 6) is 0. The third kappa shape index (κ3) is 1.97. The molecule has 2 aromatic rings. The lowest BCUT2D eigenvalue weighted by Gasteiger charge is -2.06. The monoisotopic (exact) mass is 331 g/mol. The van der Waals surface area contributed by atoms with E-state index in [1.807, 2.05) is 0 Å². The quantitative estimate of drug-likeness (QED) is 0.373. The number of benzene rings is 1. The lowest BCUT2D eigenvalue weighted by atomic mass is 10.1. The van der Waals surface area contributed by atoms with Crippen molar-refractivity contribution >= 4 is 41.9 Å². The first-order chi connectivity index (χ1) is 8.45. The summed E-state index contributed by atoms with van der Waals surface area (Å²) in [5, 5.41) is 11.0. The topological polar surface area (TPSA) is 109 Å².